The molecular formula is C23H25NO5. The molecule has 0 saturated carbocycles. The second kappa shape index (κ2) is 9.28. The first-order valence-electron chi connectivity index (χ1n) is 9.58. The maximum absolute atomic E-state index is 12.1. The Bertz CT molecular complexity index is 941. The molecule has 0 unspecified atom stereocenters. The van der Waals surface area contributed by atoms with Gasteiger partial charge in [0.15, 0.2) is 13.2 Å². The van der Waals surface area contributed by atoms with E-state index in [-0.39, 0.29) is 19.3 Å². The van der Waals surface area contributed by atoms with Crippen LogP contribution in [0.15, 0.2) is 59.0 Å². The Morgan fingerprint density at radius 1 is 1.00 bits per heavy atom. The van der Waals surface area contributed by atoms with Crippen LogP contribution in [-0.4, -0.2) is 25.1 Å². The van der Waals surface area contributed by atoms with Gasteiger partial charge in [0.2, 0.25) is 0 Å². The normalized spacial score (nSPS) is 12.0. The molecule has 3 rings (SSSR count). The lowest BCUT2D eigenvalue weighted by molar-refractivity contribution is -0.150. The number of rotatable bonds is 8. The molecule has 1 aromatic heterocycles. The summed E-state index contributed by atoms with van der Waals surface area (Å²) < 4.78 is 16.1. The Balaban J connectivity index is 1.41. The minimum Gasteiger partial charge on any atom is -0.482 e. The van der Waals surface area contributed by atoms with E-state index in [1.807, 2.05) is 54.6 Å². The fourth-order valence-corrected chi connectivity index (χ4v) is 2.85. The fraction of sp³-hybridized carbons (Fsp3) is 0.304. The van der Waals surface area contributed by atoms with Crippen molar-refractivity contribution in [3.63, 3.8) is 0 Å². The summed E-state index contributed by atoms with van der Waals surface area (Å²) in [6.07, 6.45) is 0. The Morgan fingerprint density at radius 2 is 1.72 bits per heavy atom. The Labute approximate surface area is 169 Å². The average Bonchev–Trinajstić information content (AvgIpc) is 3.15. The van der Waals surface area contributed by atoms with Crippen molar-refractivity contribution in [2.45, 2.75) is 32.7 Å². The Kier molecular flexibility index (Phi) is 6.54. The van der Waals surface area contributed by atoms with Crippen molar-refractivity contribution in [2.24, 2.45) is 0 Å². The smallest absolute Gasteiger partial charge is 0.344 e. The van der Waals surface area contributed by atoms with Crippen LogP contribution in [0.25, 0.3) is 11.0 Å². The van der Waals surface area contributed by atoms with Crippen molar-refractivity contribution >= 4 is 22.8 Å². The molecule has 29 heavy (non-hydrogen) atoms. The molecule has 0 fully saturated rings. The van der Waals surface area contributed by atoms with Gasteiger partial charge in [0, 0.05) is 5.39 Å². The molecule has 0 radical (unpaired) electrons. The number of carbonyl (C=O) groups excluding carboxylic acids is 2. The zero-order valence-electron chi connectivity index (χ0n) is 16.8. The van der Waals surface area contributed by atoms with Crippen LogP contribution < -0.4 is 10.1 Å². The first-order chi connectivity index (χ1) is 13.9. The standard InChI is InChI=1S/C23H25NO5/c1-15(2)17-8-10-19(11-9-17)27-14-23(26)28-13-22(25)24-16(3)21-12-18-6-4-5-7-20(18)29-21/h4-12,15-16H,13-14H2,1-3H3,(H,24,25)/t16-/m1/s1. The molecule has 3 aromatic rings. The highest BCUT2D eigenvalue weighted by Gasteiger charge is 2.15. The van der Waals surface area contributed by atoms with Crippen LogP contribution in [0.3, 0.4) is 0 Å². The van der Waals surface area contributed by atoms with Gasteiger partial charge >= 0.3 is 5.97 Å². The highest BCUT2D eigenvalue weighted by molar-refractivity contribution is 5.82. The maximum atomic E-state index is 12.1. The molecule has 1 N–H and O–H groups in total. The molecule has 1 amide bonds. The van der Waals surface area contributed by atoms with Crippen LogP contribution in [-0.2, 0) is 14.3 Å². The average molecular weight is 395 g/mol. The van der Waals surface area contributed by atoms with Gasteiger partial charge in [-0.25, -0.2) is 4.79 Å². The van der Waals surface area contributed by atoms with E-state index in [4.69, 9.17) is 13.9 Å². The van der Waals surface area contributed by atoms with E-state index in [0.29, 0.717) is 17.4 Å². The second-order valence-corrected chi connectivity index (χ2v) is 7.15. The molecule has 6 heteroatoms. The quantitative estimate of drug-likeness (QED) is 0.574. The van der Waals surface area contributed by atoms with E-state index < -0.39 is 11.9 Å². The van der Waals surface area contributed by atoms with E-state index in [9.17, 15) is 9.59 Å². The molecule has 0 aliphatic rings. The number of amides is 1. The van der Waals surface area contributed by atoms with E-state index in [1.54, 1.807) is 6.92 Å². The highest BCUT2D eigenvalue weighted by atomic mass is 16.6. The van der Waals surface area contributed by atoms with Crippen molar-refractivity contribution in [1.82, 2.24) is 5.32 Å². The zero-order valence-corrected chi connectivity index (χ0v) is 16.8. The van der Waals surface area contributed by atoms with Crippen molar-refractivity contribution in [3.05, 3.63) is 65.9 Å². The monoisotopic (exact) mass is 395 g/mol. The number of carbonyl (C=O) groups is 2. The lowest BCUT2D eigenvalue weighted by atomic mass is 10.0. The Hall–Kier alpha value is -3.28. The number of nitrogens with one attached hydrogen (secondary N) is 1. The summed E-state index contributed by atoms with van der Waals surface area (Å²) in [5.41, 5.74) is 1.95. The molecule has 152 valence electrons. The lowest BCUT2D eigenvalue weighted by Crippen LogP contribution is -2.31. The van der Waals surface area contributed by atoms with Crippen molar-refractivity contribution < 1.29 is 23.5 Å². The first kappa shape index (κ1) is 20.5. The maximum Gasteiger partial charge on any atom is 0.344 e. The van der Waals surface area contributed by atoms with Crippen LogP contribution in [0.1, 0.15) is 44.1 Å². The number of furan rings is 1. The number of fused-ring (bicyclic) bond motifs is 1. The summed E-state index contributed by atoms with van der Waals surface area (Å²) in [5.74, 6) is 0.625. The minimum atomic E-state index is -0.607. The molecule has 6 nitrogen and oxygen atoms in total. The molecule has 0 aliphatic carbocycles. The van der Waals surface area contributed by atoms with Gasteiger partial charge in [-0.2, -0.15) is 0 Å². The van der Waals surface area contributed by atoms with E-state index >= 15 is 0 Å². The van der Waals surface area contributed by atoms with Gasteiger partial charge in [-0.1, -0.05) is 44.2 Å². The fourth-order valence-electron chi connectivity index (χ4n) is 2.85. The predicted octanol–water partition coefficient (Wildman–Crippen LogP) is 4.36. The molecule has 2 aromatic carbocycles. The van der Waals surface area contributed by atoms with Gasteiger partial charge in [0.05, 0.1) is 6.04 Å². The first-order valence-corrected chi connectivity index (χ1v) is 9.58. The second-order valence-electron chi connectivity index (χ2n) is 7.15. The van der Waals surface area contributed by atoms with Crippen LogP contribution in [0.4, 0.5) is 0 Å². The van der Waals surface area contributed by atoms with Crippen molar-refractivity contribution in [1.29, 1.82) is 0 Å². The molecule has 0 aliphatic heterocycles. The number of para-hydroxylation sites is 1. The molecule has 0 spiro atoms. The molecule has 0 saturated heterocycles. The topological polar surface area (TPSA) is 77.8 Å². The van der Waals surface area contributed by atoms with Crippen LogP contribution in [0.2, 0.25) is 0 Å². The van der Waals surface area contributed by atoms with Crippen LogP contribution in [0, 0.1) is 0 Å². The summed E-state index contributed by atoms with van der Waals surface area (Å²) in [4.78, 5) is 23.9. The van der Waals surface area contributed by atoms with Gasteiger partial charge in [-0.15, -0.1) is 0 Å². The van der Waals surface area contributed by atoms with Gasteiger partial charge < -0.3 is 19.2 Å². The number of benzene rings is 2. The predicted molar refractivity (Wildman–Crippen MR) is 110 cm³/mol. The molecule has 1 atom stereocenters. The summed E-state index contributed by atoms with van der Waals surface area (Å²) in [7, 11) is 0. The largest absolute Gasteiger partial charge is 0.482 e. The molecule has 0 bridgehead atoms. The number of hydrogen-bond acceptors (Lipinski definition) is 5. The van der Waals surface area contributed by atoms with Gasteiger partial charge in [-0.3, -0.25) is 4.79 Å². The van der Waals surface area contributed by atoms with Gasteiger partial charge in [-0.05, 0) is 42.7 Å². The minimum absolute atomic E-state index is 0.257. The summed E-state index contributed by atoms with van der Waals surface area (Å²) in [6.45, 7) is 5.38. The zero-order chi connectivity index (χ0) is 20.8. The summed E-state index contributed by atoms with van der Waals surface area (Å²) in [5, 5.41) is 3.72. The third-order valence-electron chi connectivity index (χ3n) is 4.52. The summed E-state index contributed by atoms with van der Waals surface area (Å²) in [6, 6.07) is 16.7. The van der Waals surface area contributed by atoms with Crippen molar-refractivity contribution in [3.8, 4) is 5.75 Å². The van der Waals surface area contributed by atoms with Crippen molar-refractivity contribution in [2.75, 3.05) is 13.2 Å². The Morgan fingerprint density at radius 3 is 2.41 bits per heavy atom. The van der Waals surface area contributed by atoms with E-state index in [2.05, 4.69) is 19.2 Å². The van der Waals surface area contributed by atoms with Crippen LogP contribution >= 0.6 is 0 Å². The number of esters is 1. The molecular weight excluding hydrogens is 370 g/mol. The SMILES string of the molecule is CC(C)c1ccc(OCC(=O)OCC(=O)N[C@H](C)c2cc3ccccc3o2)cc1. The lowest BCUT2D eigenvalue weighted by Gasteiger charge is -2.12. The van der Waals surface area contributed by atoms with Gasteiger partial charge in [0.25, 0.3) is 5.91 Å². The highest BCUT2D eigenvalue weighted by Crippen LogP contribution is 2.23. The van der Waals surface area contributed by atoms with E-state index in [0.717, 1.165) is 11.0 Å². The summed E-state index contributed by atoms with van der Waals surface area (Å²) >= 11 is 0. The van der Waals surface area contributed by atoms with Gasteiger partial charge in [0.1, 0.15) is 17.1 Å². The number of hydrogen-bond donors (Lipinski definition) is 1. The molecule has 1 heterocycles. The van der Waals surface area contributed by atoms with E-state index in [1.165, 1.54) is 5.56 Å². The van der Waals surface area contributed by atoms with Crippen LogP contribution in [0.5, 0.6) is 5.75 Å². The third kappa shape index (κ3) is 5.60. The number of ether oxygens (including phenoxy) is 2. The third-order valence-corrected chi connectivity index (χ3v) is 4.52.